The fourth-order valence-corrected chi connectivity index (χ4v) is 1.69. The molecule has 5 heteroatoms. The average molecular weight is 264 g/mol. The SMILES string of the molecule is CC(CN(C)C(=O)N[C@@H](C)c1ccccc1)C(=O)O. The molecule has 19 heavy (non-hydrogen) atoms. The van der Waals surface area contributed by atoms with Crippen molar-refractivity contribution >= 4 is 12.0 Å². The number of nitrogens with zero attached hydrogens (tertiary/aromatic N) is 1. The quantitative estimate of drug-likeness (QED) is 0.855. The number of carboxylic acid groups (broad SMARTS) is 1. The summed E-state index contributed by atoms with van der Waals surface area (Å²) >= 11 is 0. The summed E-state index contributed by atoms with van der Waals surface area (Å²) in [4.78, 5) is 24.0. The molecule has 2 atom stereocenters. The fourth-order valence-electron chi connectivity index (χ4n) is 1.69. The van der Waals surface area contributed by atoms with E-state index >= 15 is 0 Å². The molecule has 0 aliphatic heterocycles. The van der Waals surface area contributed by atoms with Crippen molar-refractivity contribution in [3.8, 4) is 0 Å². The number of carbonyl (C=O) groups is 2. The molecule has 5 nitrogen and oxygen atoms in total. The molecular weight excluding hydrogens is 244 g/mol. The lowest BCUT2D eigenvalue weighted by molar-refractivity contribution is -0.141. The molecule has 0 heterocycles. The summed E-state index contributed by atoms with van der Waals surface area (Å²) in [6.07, 6.45) is 0. The molecule has 0 aliphatic carbocycles. The third-order valence-electron chi connectivity index (χ3n) is 2.96. The van der Waals surface area contributed by atoms with Crippen LogP contribution >= 0.6 is 0 Å². The van der Waals surface area contributed by atoms with Gasteiger partial charge in [0.1, 0.15) is 0 Å². The van der Waals surface area contributed by atoms with Gasteiger partial charge < -0.3 is 15.3 Å². The molecule has 0 spiro atoms. The molecule has 1 aromatic rings. The topological polar surface area (TPSA) is 69.6 Å². The molecule has 0 bridgehead atoms. The Morgan fingerprint density at radius 3 is 2.37 bits per heavy atom. The van der Waals surface area contributed by atoms with Crippen LogP contribution in [0.3, 0.4) is 0 Å². The number of rotatable bonds is 5. The van der Waals surface area contributed by atoms with E-state index in [0.717, 1.165) is 5.56 Å². The van der Waals surface area contributed by atoms with E-state index in [4.69, 9.17) is 5.11 Å². The highest BCUT2D eigenvalue weighted by Crippen LogP contribution is 2.11. The zero-order valence-electron chi connectivity index (χ0n) is 11.5. The third-order valence-corrected chi connectivity index (χ3v) is 2.96. The van der Waals surface area contributed by atoms with Crippen LogP contribution in [-0.2, 0) is 4.79 Å². The minimum atomic E-state index is -0.907. The number of amides is 2. The Hall–Kier alpha value is -2.04. The molecule has 1 aromatic carbocycles. The van der Waals surface area contributed by atoms with Gasteiger partial charge in [0.15, 0.2) is 0 Å². The standard InChI is InChI=1S/C14H20N2O3/c1-10(13(17)18)9-16(3)14(19)15-11(2)12-7-5-4-6-8-12/h4-8,10-11H,9H2,1-3H3,(H,15,19)(H,17,18)/t10?,11-/m0/s1. The van der Waals surface area contributed by atoms with E-state index in [-0.39, 0.29) is 18.6 Å². The van der Waals surface area contributed by atoms with Crippen LogP contribution in [-0.4, -0.2) is 35.6 Å². The molecular formula is C14H20N2O3. The Morgan fingerprint density at radius 2 is 1.84 bits per heavy atom. The van der Waals surface area contributed by atoms with E-state index in [9.17, 15) is 9.59 Å². The van der Waals surface area contributed by atoms with E-state index < -0.39 is 11.9 Å². The van der Waals surface area contributed by atoms with Crippen LogP contribution in [0.1, 0.15) is 25.5 Å². The first-order chi connectivity index (χ1) is 8.91. The number of urea groups is 1. The van der Waals surface area contributed by atoms with E-state index in [2.05, 4.69) is 5.32 Å². The number of hydrogen-bond acceptors (Lipinski definition) is 2. The van der Waals surface area contributed by atoms with Crippen LogP contribution in [0.5, 0.6) is 0 Å². The summed E-state index contributed by atoms with van der Waals surface area (Å²) in [7, 11) is 1.59. The van der Waals surface area contributed by atoms with Crippen LogP contribution in [0.2, 0.25) is 0 Å². The minimum absolute atomic E-state index is 0.115. The average Bonchev–Trinajstić information content (AvgIpc) is 2.39. The predicted molar refractivity (Wildman–Crippen MR) is 72.8 cm³/mol. The Morgan fingerprint density at radius 1 is 1.26 bits per heavy atom. The van der Waals surface area contributed by atoms with Crippen molar-refractivity contribution in [3.05, 3.63) is 35.9 Å². The van der Waals surface area contributed by atoms with Crippen molar-refractivity contribution < 1.29 is 14.7 Å². The van der Waals surface area contributed by atoms with Crippen LogP contribution < -0.4 is 5.32 Å². The van der Waals surface area contributed by atoms with Crippen molar-refractivity contribution in [1.29, 1.82) is 0 Å². The van der Waals surface area contributed by atoms with Crippen LogP contribution in [0.25, 0.3) is 0 Å². The summed E-state index contributed by atoms with van der Waals surface area (Å²) in [6, 6.07) is 9.22. The Labute approximate surface area is 113 Å². The Kier molecular flexibility index (Phi) is 5.36. The van der Waals surface area contributed by atoms with Crippen molar-refractivity contribution in [2.45, 2.75) is 19.9 Å². The van der Waals surface area contributed by atoms with E-state index in [0.29, 0.717) is 0 Å². The fraction of sp³-hybridized carbons (Fsp3) is 0.429. The highest BCUT2D eigenvalue weighted by Gasteiger charge is 2.18. The first-order valence-corrected chi connectivity index (χ1v) is 6.21. The van der Waals surface area contributed by atoms with Gasteiger partial charge in [-0.15, -0.1) is 0 Å². The molecule has 1 rings (SSSR count). The lowest BCUT2D eigenvalue weighted by Gasteiger charge is -2.23. The normalized spacial score (nSPS) is 13.4. The number of carbonyl (C=O) groups excluding carboxylic acids is 1. The zero-order valence-corrected chi connectivity index (χ0v) is 11.5. The van der Waals surface area contributed by atoms with Gasteiger partial charge in [0.2, 0.25) is 0 Å². The summed E-state index contributed by atoms with van der Waals surface area (Å²) < 4.78 is 0. The highest BCUT2D eigenvalue weighted by molar-refractivity contribution is 5.76. The largest absolute Gasteiger partial charge is 0.481 e. The maximum absolute atomic E-state index is 11.9. The van der Waals surface area contributed by atoms with Crippen molar-refractivity contribution in [2.75, 3.05) is 13.6 Å². The van der Waals surface area contributed by atoms with Crippen molar-refractivity contribution in [1.82, 2.24) is 10.2 Å². The van der Waals surface area contributed by atoms with Crippen LogP contribution in [0.15, 0.2) is 30.3 Å². The van der Waals surface area contributed by atoms with Gasteiger partial charge in [0.05, 0.1) is 12.0 Å². The first-order valence-electron chi connectivity index (χ1n) is 6.21. The molecule has 0 saturated heterocycles. The maximum Gasteiger partial charge on any atom is 0.317 e. The highest BCUT2D eigenvalue weighted by atomic mass is 16.4. The summed E-state index contributed by atoms with van der Waals surface area (Å²) in [5, 5.41) is 11.6. The molecule has 0 saturated carbocycles. The molecule has 2 amide bonds. The van der Waals surface area contributed by atoms with Crippen LogP contribution in [0, 0.1) is 5.92 Å². The molecule has 0 aromatic heterocycles. The monoisotopic (exact) mass is 264 g/mol. The summed E-state index contributed by atoms with van der Waals surface area (Å²) in [5.74, 6) is -1.49. The van der Waals surface area contributed by atoms with Gasteiger partial charge in [-0.25, -0.2) is 4.79 Å². The number of carboxylic acids is 1. The molecule has 1 unspecified atom stereocenters. The minimum Gasteiger partial charge on any atom is -0.481 e. The number of nitrogens with one attached hydrogen (secondary N) is 1. The molecule has 2 N–H and O–H groups in total. The van der Waals surface area contributed by atoms with Crippen LogP contribution in [0.4, 0.5) is 4.79 Å². The van der Waals surface area contributed by atoms with Gasteiger partial charge >= 0.3 is 12.0 Å². The van der Waals surface area contributed by atoms with Gasteiger partial charge in [0.25, 0.3) is 0 Å². The number of hydrogen-bond donors (Lipinski definition) is 2. The van der Waals surface area contributed by atoms with Gasteiger partial charge in [-0.2, -0.15) is 0 Å². The number of benzene rings is 1. The van der Waals surface area contributed by atoms with Gasteiger partial charge in [-0.3, -0.25) is 4.79 Å². The maximum atomic E-state index is 11.9. The summed E-state index contributed by atoms with van der Waals surface area (Å²) in [6.45, 7) is 3.65. The van der Waals surface area contributed by atoms with Gasteiger partial charge in [-0.1, -0.05) is 37.3 Å². The number of aliphatic carboxylic acids is 1. The second-order valence-corrected chi connectivity index (χ2v) is 4.70. The van der Waals surface area contributed by atoms with Gasteiger partial charge in [0, 0.05) is 13.6 Å². The summed E-state index contributed by atoms with van der Waals surface area (Å²) in [5.41, 5.74) is 1.01. The van der Waals surface area contributed by atoms with E-state index in [1.165, 1.54) is 4.90 Å². The second-order valence-electron chi connectivity index (χ2n) is 4.70. The molecule has 0 aliphatic rings. The lowest BCUT2D eigenvalue weighted by Crippen LogP contribution is -2.41. The molecule has 0 fully saturated rings. The first kappa shape index (κ1) is 15.0. The van der Waals surface area contributed by atoms with E-state index in [1.54, 1.807) is 14.0 Å². The van der Waals surface area contributed by atoms with E-state index in [1.807, 2.05) is 37.3 Å². The molecule has 0 radical (unpaired) electrons. The molecule has 104 valence electrons. The lowest BCUT2D eigenvalue weighted by atomic mass is 10.1. The Bertz CT molecular complexity index is 434. The second kappa shape index (κ2) is 6.78. The van der Waals surface area contributed by atoms with Crippen molar-refractivity contribution in [3.63, 3.8) is 0 Å². The Balaban J connectivity index is 2.53. The zero-order chi connectivity index (χ0) is 14.4. The smallest absolute Gasteiger partial charge is 0.317 e. The predicted octanol–water partition coefficient (Wildman–Crippen LogP) is 2.11. The van der Waals surface area contributed by atoms with Crippen molar-refractivity contribution in [2.24, 2.45) is 5.92 Å². The van der Waals surface area contributed by atoms with Gasteiger partial charge in [-0.05, 0) is 12.5 Å². The third kappa shape index (κ3) is 4.62.